The van der Waals surface area contributed by atoms with Gasteiger partial charge < -0.3 is 10.4 Å². The van der Waals surface area contributed by atoms with E-state index in [1.807, 2.05) is 0 Å². The van der Waals surface area contributed by atoms with Crippen LogP contribution in [0.2, 0.25) is 0 Å². The molecule has 1 aromatic rings. The van der Waals surface area contributed by atoms with Gasteiger partial charge >= 0.3 is 5.69 Å². The highest BCUT2D eigenvalue weighted by molar-refractivity contribution is 5.56. The lowest BCUT2D eigenvalue weighted by atomic mass is 9.89. The average Bonchev–Trinajstić information content (AvgIpc) is 2.15. The van der Waals surface area contributed by atoms with E-state index in [1.54, 1.807) is 13.0 Å². The first-order chi connectivity index (χ1) is 7.56. The van der Waals surface area contributed by atoms with Crippen LogP contribution in [0.1, 0.15) is 18.5 Å². The van der Waals surface area contributed by atoms with Gasteiger partial charge in [0, 0.05) is 17.8 Å². The molecule has 0 aromatic carbocycles. The van der Waals surface area contributed by atoms with Crippen LogP contribution in [0, 0.1) is 17.0 Å². The highest BCUT2D eigenvalue weighted by Crippen LogP contribution is 2.28. The van der Waals surface area contributed by atoms with Gasteiger partial charge in [0.2, 0.25) is 5.82 Å². The van der Waals surface area contributed by atoms with E-state index in [-0.39, 0.29) is 17.8 Å². The molecule has 2 rings (SSSR count). The van der Waals surface area contributed by atoms with E-state index in [1.165, 1.54) is 6.07 Å². The topological polar surface area (TPSA) is 88.3 Å². The molecule has 0 amide bonds. The maximum absolute atomic E-state index is 10.8. The van der Waals surface area contributed by atoms with Crippen LogP contribution in [-0.4, -0.2) is 27.2 Å². The van der Waals surface area contributed by atoms with Gasteiger partial charge in [0.1, 0.15) is 0 Å². The van der Waals surface area contributed by atoms with Gasteiger partial charge in [0.25, 0.3) is 0 Å². The zero-order valence-electron chi connectivity index (χ0n) is 8.88. The van der Waals surface area contributed by atoms with Crippen molar-refractivity contribution in [2.75, 3.05) is 5.32 Å². The third kappa shape index (κ3) is 2.11. The van der Waals surface area contributed by atoms with Crippen molar-refractivity contribution in [2.24, 2.45) is 0 Å². The molecule has 16 heavy (non-hydrogen) atoms. The molecule has 0 bridgehead atoms. The maximum Gasteiger partial charge on any atom is 0.311 e. The molecule has 1 heterocycles. The number of aryl methyl sites for hydroxylation is 1. The van der Waals surface area contributed by atoms with Gasteiger partial charge in [-0.05, 0) is 25.8 Å². The van der Waals surface area contributed by atoms with Crippen molar-refractivity contribution in [2.45, 2.75) is 31.9 Å². The van der Waals surface area contributed by atoms with E-state index in [2.05, 4.69) is 10.3 Å². The number of anilines is 1. The molecule has 6 heteroatoms. The van der Waals surface area contributed by atoms with Crippen LogP contribution in [0.25, 0.3) is 0 Å². The van der Waals surface area contributed by atoms with Crippen molar-refractivity contribution >= 4 is 11.5 Å². The minimum absolute atomic E-state index is 0.0213. The van der Waals surface area contributed by atoms with Crippen LogP contribution in [-0.2, 0) is 0 Å². The fraction of sp³-hybridized carbons (Fsp3) is 0.500. The smallest absolute Gasteiger partial charge is 0.311 e. The number of hydrogen-bond donors (Lipinski definition) is 2. The molecule has 0 atom stereocenters. The number of aliphatic hydroxyl groups is 1. The Bertz CT molecular complexity index is 416. The van der Waals surface area contributed by atoms with Gasteiger partial charge in [-0.1, -0.05) is 0 Å². The second-order valence-corrected chi connectivity index (χ2v) is 4.04. The number of hydrogen-bond acceptors (Lipinski definition) is 5. The standard InChI is InChI=1S/C10H13N3O3/c1-6-2-3-9(13(15)16)10(11-6)12-7-4-8(14)5-7/h2-3,7-8,14H,4-5H2,1H3,(H,11,12). The molecule has 0 unspecified atom stereocenters. The first-order valence-corrected chi connectivity index (χ1v) is 5.13. The SMILES string of the molecule is Cc1ccc([N+](=O)[O-])c(NC2CC(O)C2)n1. The van der Waals surface area contributed by atoms with E-state index >= 15 is 0 Å². The molecular weight excluding hydrogens is 210 g/mol. The summed E-state index contributed by atoms with van der Waals surface area (Å²) in [7, 11) is 0. The Morgan fingerprint density at radius 1 is 1.56 bits per heavy atom. The Morgan fingerprint density at radius 3 is 2.81 bits per heavy atom. The predicted octanol–water partition coefficient (Wildman–Crippen LogP) is 1.23. The molecule has 1 aromatic heterocycles. The van der Waals surface area contributed by atoms with Gasteiger partial charge in [-0.25, -0.2) is 4.98 Å². The third-order valence-electron chi connectivity index (χ3n) is 2.66. The number of aliphatic hydroxyl groups excluding tert-OH is 1. The molecule has 0 saturated heterocycles. The molecule has 1 aliphatic rings. The Morgan fingerprint density at radius 2 is 2.25 bits per heavy atom. The summed E-state index contributed by atoms with van der Waals surface area (Å²) >= 11 is 0. The van der Waals surface area contributed by atoms with E-state index in [4.69, 9.17) is 5.11 Å². The minimum atomic E-state index is -0.454. The largest absolute Gasteiger partial charge is 0.393 e. The third-order valence-corrected chi connectivity index (χ3v) is 2.66. The number of nitrogens with zero attached hydrogens (tertiary/aromatic N) is 2. The van der Waals surface area contributed by atoms with Gasteiger partial charge in [-0.15, -0.1) is 0 Å². The van der Waals surface area contributed by atoms with Gasteiger partial charge in [0.15, 0.2) is 0 Å². The Labute approximate surface area is 92.5 Å². The van der Waals surface area contributed by atoms with E-state index < -0.39 is 4.92 Å². The van der Waals surface area contributed by atoms with Crippen LogP contribution >= 0.6 is 0 Å². The average molecular weight is 223 g/mol. The molecule has 1 saturated carbocycles. The highest BCUT2D eigenvalue weighted by atomic mass is 16.6. The lowest BCUT2D eigenvalue weighted by molar-refractivity contribution is -0.384. The van der Waals surface area contributed by atoms with Gasteiger partial charge in [-0.3, -0.25) is 10.1 Å². The molecule has 0 aliphatic heterocycles. The number of rotatable bonds is 3. The lowest BCUT2D eigenvalue weighted by Crippen LogP contribution is -2.39. The Hall–Kier alpha value is -1.69. The predicted molar refractivity (Wildman–Crippen MR) is 58.3 cm³/mol. The lowest BCUT2D eigenvalue weighted by Gasteiger charge is -2.32. The second-order valence-electron chi connectivity index (χ2n) is 4.04. The highest BCUT2D eigenvalue weighted by Gasteiger charge is 2.29. The molecule has 0 spiro atoms. The second kappa shape index (κ2) is 4.05. The molecule has 2 N–H and O–H groups in total. The van der Waals surface area contributed by atoms with Crippen molar-refractivity contribution in [3.63, 3.8) is 0 Å². The summed E-state index contributed by atoms with van der Waals surface area (Å²) in [4.78, 5) is 14.4. The van der Waals surface area contributed by atoms with E-state index in [0.717, 1.165) is 5.69 Å². The van der Waals surface area contributed by atoms with Gasteiger partial charge in [0.05, 0.1) is 11.0 Å². The zero-order chi connectivity index (χ0) is 11.7. The van der Waals surface area contributed by atoms with Crippen molar-refractivity contribution in [3.05, 3.63) is 27.9 Å². The zero-order valence-corrected chi connectivity index (χ0v) is 8.88. The molecule has 86 valence electrons. The summed E-state index contributed by atoms with van der Waals surface area (Å²) < 4.78 is 0. The Kier molecular flexibility index (Phi) is 2.74. The molecule has 1 fully saturated rings. The van der Waals surface area contributed by atoms with Crippen LogP contribution in [0.5, 0.6) is 0 Å². The van der Waals surface area contributed by atoms with Gasteiger partial charge in [-0.2, -0.15) is 0 Å². The summed E-state index contributed by atoms with van der Waals surface area (Å²) in [6.07, 6.45) is 0.945. The minimum Gasteiger partial charge on any atom is -0.393 e. The Balaban J connectivity index is 2.17. The number of pyridine rings is 1. The van der Waals surface area contributed by atoms with Crippen molar-refractivity contribution < 1.29 is 10.0 Å². The number of aromatic nitrogens is 1. The molecule has 1 aliphatic carbocycles. The molecule has 0 radical (unpaired) electrons. The fourth-order valence-corrected chi connectivity index (χ4v) is 1.70. The van der Waals surface area contributed by atoms with Crippen LogP contribution < -0.4 is 5.32 Å². The fourth-order valence-electron chi connectivity index (χ4n) is 1.70. The first-order valence-electron chi connectivity index (χ1n) is 5.13. The molecule has 6 nitrogen and oxygen atoms in total. The van der Waals surface area contributed by atoms with E-state index in [9.17, 15) is 10.1 Å². The molecular formula is C10H13N3O3. The monoisotopic (exact) mass is 223 g/mol. The van der Waals surface area contributed by atoms with E-state index in [0.29, 0.717) is 18.7 Å². The summed E-state index contributed by atoms with van der Waals surface area (Å²) in [5.74, 6) is 0.293. The van der Waals surface area contributed by atoms with Crippen LogP contribution in [0.3, 0.4) is 0 Å². The first kappa shape index (κ1) is 10.8. The van der Waals surface area contributed by atoms with Crippen molar-refractivity contribution in [1.29, 1.82) is 0 Å². The van der Waals surface area contributed by atoms with Crippen molar-refractivity contribution in [1.82, 2.24) is 4.98 Å². The number of nitro groups is 1. The maximum atomic E-state index is 10.8. The summed E-state index contributed by atoms with van der Waals surface area (Å²) in [5, 5.41) is 22.9. The summed E-state index contributed by atoms with van der Waals surface area (Å²) in [6, 6.07) is 3.14. The van der Waals surface area contributed by atoms with Crippen LogP contribution in [0.15, 0.2) is 12.1 Å². The normalized spacial score (nSPS) is 23.6. The van der Waals surface area contributed by atoms with Crippen LogP contribution in [0.4, 0.5) is 11.5 Å². The quantitative estimate of drug-likeness (QED) is 0.594. The number of nitrogens with one attached hydrogen (secondary N) is 1. The van der Waals surface area contributed by atoms with Crippen molar-refractivity contribution in [3.8, 4) is 0 Å². The summed E-state index contributed by atoms with van der Waals surface area (Å²) in [5.41, 5.74) is 0.708. The summed E-state index contributed by atoms with van der Waals surface area (Å²) in [6.45, 7) is 1.78.